The smallest absolute Gasteiger partial charge is 0.0205 e. The molecule has 0 unspecified atom stereocenters. The van der Waals surface area contributed by atoms with Crippen LogP contribution in [-0.4, -0.2) is 0 Å². The molecule has 0 radical (unpaired) electrons. The number of fused-ring (bicyclic) bond motifs is 1. The van der Waals surface area contributed by atoms with E-state index in [1.54, 1.807) is 0 Å². The fraction of sp³-hybridized carbons (Fsp3) is 0.750. The van der Waals surface area contributed by atoms with Gasteiger partial charge in [0, 0.05) is 0 Å². The molecule has 0 nitrogen and oxygen atoms in total. The molecule has 0 saturated heterocycles. The fourth-order valence-corrected chi connectivity index (χ4v) is 1.79. The van der Waals surface area contributed by atoms with Crippen molar-refractivity contribution < 1.29 is 0 Å². The molecule has 2 atom stereocenters. The molecule has 8 heavy (non-hydrogen) atoms. The lowest BCUT2D eigenvalue weighted by molar-refractivity contribution is 0.203. The summed E-state index contributed by atoms with van der Waals surface area (Å²) in [5.41, 5.74) is 0. The van der Waals surface area contributed by atoms with Gasteiger partial charge in [0.05, 0.1) is 0 Å². The van der Waals surface area contributed by atoms with Gasteiger partial charge in [0.1, 0.15) is 0 Å². The van der Waals surface area contributed by atoms with Gasteiger partial charge in [-0.15, -0.1) is 0 Å². The van der Waals surface area contributed by atoms with Crippen molar-refractivity contribution in [2.75, 3.05) is 0 Å². The normalized spacial score (nSPS) is 43.0. The summed E-state index contributed by atoms with van der Waals surface area (Å²) in [6.07, 6.45) is 10.6. The van der Waals surface area contributed by atoms with Crippen molar-refractivity contribution in [3.05, 3.63) is 12.2 Å². The highest BCUT2D eigenvalue weighted by Gasteiger charge is 2.29. The molecule has 0 bridgehead atoms. The van der Waals surface area contributed by atoms with Crippen LogP contribution >= 0.6 is 0 Å². The molecule has 0 heterocycles. The van der Waals surface area contributed by atoms with E-state index in [0.717, 1.165) is 11.8 Å². The van der Waals surface area contributed by atoms with E-state index in [1.807, 2.05) is 0 Å². The van der Waals surface area contributed by atoms with Gasteiger partial charge in [-0.05, 0) is 37.5 Å². The second-order valence-corrected chi connectivity index (χ2v) is 3.01. The Morgan fingerprint density at radius 2 is 2.12 bits per heavy atom. The summed E-state index contributed by atoms with van der Waals surface area (Å²) in [7, 11) is 0. The van der Waals surface area contributed by atoms with Gasteiger partial charge in [-0.1, -0.05) is 12.2 Å². The quantitative estimate of drug-likeness (QED) is 0.418. The van der Waals surface area contributed by atoms with Crippen LogP contribution in [-0.2, 0) is 0 Å². The molecule has 0 aromatic carbocycles. The third kappa shape index (κ3) is 0.521. The number of rotatable bonds is 0. The second kappa shape index (κ2) is 1.61. The first-order valence-electron chi connectivity index (χ1n) is 3.63. The zero-order valence-electron chi connectivity index (χ0n) is 5.14. The van der Waals surface area contributed by atoms with Crippen LogP contribution in [0.15, 0.2) is 12.2 Å². The van der Waals surface area contributed by atoms with Gasteiger partial charge >= 0.3 is 0 Å². The molecule has 1 saturated carbocycles. The summed E-state index contributed by atoms with van der Waals surface area (Å²) in [6, 6.07) is 0. The van der Waals surface area contributed by atoms with Gasteiger partial charge in [-0.25, -0.2) is 0 Å². The number of allylic oxidation sites excluding steroid dienone is 2. The Balaban J connectivity index is 2.08. The van der Waals surface area contributed by atoms with Crippen molar-refractivity contribution >= 4 is 0 Å². The Labute approximate surface area is 50.6 Å². The van der Waals surface area contributed by atoms with Gasteiger partial charge < -0.3 is 0 Å². The first-order chi connectivity index (χ1) is 3.97. The molecule has 2 aliphatic rings. The number of hydrogen-bond acceptors (Lipinski definition) is 0. The van der Waals surface area contributed by atoms with E-state index in [0.29, 0.717) is 0 Å². The van der Waals surface area contributed by atoms with Crippen LogP contribution in [0.3, 0.4) is 0 Å². The standard InChI is InChI=1S/C8H12/c1-2-4-8-6-5-7(8)3-1/h1,3,7-8H,2,4-6H2/t7-,8+/m1/s1. The van der Waals surface area contributed by atoms with Crippen LogP contribution in [0.25, 0.3) is 0 Å². The Morgan fingerprint density at radius 3 is 2.50 bits per heavy atom. The highest BCUT2D eigenvalue weighted by atomic mass is 14.3. The molecule has 44 valence electrons. The van der Waals surface area contributed by atoms with Gasteiger partial charge in [0.25, 0.3) is 0 Å². The SMILES string of the molecule is C1=C[C@@H]2CC[C@@H]2CC1. The molecular weight excluding hydrogens is 96.1 g/mol. The lowest BCUT2D eigenvalue weighted by Gasteiger charge is -2.36. The van der Waals surface area contributed by atoms with Crippen LogP contribution in [0.1, 0.15) is 25.7 Å². The molecular formula is C8H12. The zero-order valence-corrected chi connectivity index (χ0v) is 5.14. The highest BCUT2D eigenvalue weighted by Crippen LogP contribution is 2.40. The Morgan fingerprint density at radius 1 is 1.12 bits per heavy atom. The van der Waals surface area contributed by atoms with Crippen LogP contribution < -0.4 is 0 Å². The van der Waals surface area contributed by atoms with E-state index in [-0.39, 0.29) is 0 Å². The largest absolute Gasteiger partial charge is 0.0882 e. The first-order valence-corrected chi connectivity index (χ1v) is 3.63. The van der Waals surface area contributed by atoms with Gasteiger partial charge in [0.2, 0.25) is 0 Å². The summed E-state index contributed by atoms with van der Waals surface area (Å²) < 4.78 is 0. The third-order valence-electron chi connectivity index (χ3n) is 2.56. The van der Waals surface area contributed by atoms with Gasteiger partial charge in [-0.2, -0.15) is 0 Å². The van der Waals surface area contributed by atoms with Crippen molar-refractivity contribution in [3.8, 4) is 0 Å². The minimum Gasteiger partial charge on any atom is -0.0882 e. The maximum atomic E-state index is 2.41. The van der Waals surface area contributed by atoms with Crippen LogP contribution in [0, 0.1) is 11.8 Å². The topological polar surface area (TPSA) is 0 Å². The molecule has 2 aliphatic carbocycles. The summed E-state index contributed by atoms with van der Waals surface area (Å²) in [5.74, 6) is 2.10. The fourth-order valence-electron chi connectivity index (χ4n) is 1.79. The summed E-state index contributed by atoms with van der Waals surface area (Å²) in [4.78, 5) is 0. The Kier molecular flexibility index (Phi) is 0.927. The van der Waals surface area contributed by atoms with E-state index < -0.39 is 0 Å². The molecule has 0 aromatic heterocycles. The zero-order chi connectivity index (χ0) is 5.40. The molecule has 1 fully saturated rings. The Hall–Kier alpha value is -0.260. The van der Waals surface area contributed by atoms with Crippen LogP contribution in [0.2, 0.25) is 0 Å². The molecule has 2 rings (SSSR count). The predicted molar refractivity (Wildman–Crippen MR) is 34.6 cm³/mol. The summed E-state index contributed by atoms with van der Waals surface area (Å²) in [5, 5.41) is 0. The maximum absolute atomic E-state index is 2.41. The highest BCUT2D eigenvalue weighted by molar-refractivity contribution is 5.01. The van der Waals surface area contributed by atoms with Crippen LogP contribution in [0.4, 0.5) is 0 Å². The molecule has 0 spiro atoms. The molecule has 0 aromatic rings. The van der Waals surface area contributed by atoms with Gasteiger partial charge in [0.15, 0.2) is 0 Å². The van der Waals surface area contributed by atoms with E-state index in [4.69, 9.17) is 0 Å². The molecule has 0 amide bonds. The minimum atomic E-state index is 1.00. The lowest BCUT2D eigenvalue weighted by atomic mass is 9.69. The Bertz CT molecular complexity index is 113. The average molecular weight is 108 g/mol. The van der Waals surface area contributed by atoms with Gasteiger partial charge in [-0.3, -0.25) is 0 Å². The summed E-state index contributed by atoms with van der Waals surface area (Å²) in [6.45, 7) is 0. The van der Waals surface area contributed by atoms with E-state index >= 15 is 0 Å². The second-order valence-electron chi connectivity index (χ2n) is 3.01. The van der Waals surface area contributed by atoms with Crippen molar-refractivity contribution in [1.82, 2.24) is 0 Å². The lowest BCUT2D eigenvalue weighted by Crippen LogP contribution is -2.25. The number of hydrogen-bond donors (Lipinski definition) is 0. The molecule has 0 N–H and O–H groups in total. The van der Waals surface area contributed by atoms with Crippen LogP contribution in [0.5, 0.6) is 0 Å². The van der Waals surface area contributed by atoms with Crippen molar-refractivity contribution in [1.29, 1.82) is 0 Å². The average Bonchev–Trinajstić information content (AvgIpc) is 1.72. The maximum Gasteiger partial charge on any atom is -0.0205 e. The van der Waals surface area contributed by atoms with E-state index in [9.17, 15) is 0 Å². The predicted octanol–water partition coefficient (Wildman–Crippen LogP) is 2.36. The van der Waals surface area contributed by atoms with E-state index in [2.05, 4.69) is 12.2 Å². The van der Waals surface area contributed by atoms with Crippen molar-refractivity contribution in [2.45, 2.75) is 25.7 Å². The monoisotopic (exact) mass is 108 g/mol. The summed E-state index contributed by atoms with van der Waals surface area (Å²) >= 11 is 0. The molecule has 0 aliphatic heterocycles. The third-order valence-corrected chi connectivity index (χ3v) is 2.56. The molecule has 0 heteroatoms. The first kappa shape index (κ1) is 4.60. The van der Waals surface area contributed by atoms with E-state index in [1.165, 1.54) is 25.7 Å². The van der Waals surface area contributed by atoms with Crippen molar-refractivity contribution in [3.63, 3.8) is 0 Å². The minimum absolute atomic E-state index is 1.00. The van der Waals surface area contributed by atoms with Crippen molar-refractivity contribution in [2.24, 2.45) is 11.8 Å².